The summed E-state index contributed by atoms with van der Waals surface area (Å²) in [6.45, 7) is 0.800. The zero-order chi connectivity index (χ0) is 20.0. The van der Waals surface area contributed by atoms with E-state index in [1.165, 1.54) is 0 Å². The van der Waals surface area contributed by atoms with E-state index in [-0.39, 0.29) is 17.9 Å². The summed E-state index contributed by atoms with van der Waals surface area (Å²) in [4.78, 5) is 32.0. The maximum atomic E-state index is 13.3. The number of nitrogens with one attached hydrogen (secondary N) is 1. The van der Waals surface area contributed by atoms with Crippen LogP contribution < -0.4 is 15.0 Å². The largest absolute Gasteiger partial charge is 0.497 e. The molecule has 3 aliphatic heterocycles. The van der Waals surface area contributed by atoms with E-state index in [9.17, 15) is 9.59 Å². The molecule has 3 aliphatic rings. The molecule has 2 amide bonds. The van der Waals surface area contributed by atoms with Gasteiger partial charge in [-0.1, -0.05) is 12.2 Å². The van der Waals surface area contributed by atoms with Crippen molar-refractivity contribution in [2.24, 2.45) is 11.8 Å². The molecule has 0 radical (unpaired) electrons. The Morgan fingerprint density at radius 3 is 2.76 bits per heavy atom. The van der Waals surface area contributed by atoms with Gasteiger partial charge in [-0.05, 0) is 42.0 Å². The highest BCUT2D eigenvalue weighted by molar-refractivity contribution is 6.03. The number of fused-ring (bicyclic) bond motifs is 1. The monoisotopic (exact) mass is 391 g/mol. The molecule has 0 saturated carbocycles. The highest BCUT2D eigenvalue weighted by atomic mass is 16.5. The maximum absolute atomic E-state index is 13.3. The lowest BCUT2D eigenvalue weighted by Gasteiger charge is -2.23. The molecular weight excluding hydrogens is 370 g/mol. The Morgan fingerprint density at radius 2 is 2.03 bits per heavy atom. The molecule has 1 N–H and O–H groups in total. The number of methoxy groups -OCH3 is 1. The van der Waals surface area contributed by atoms with E-state index >= 15 is 0 Å². The number of carbonyl (C=O) groups excluding carboxylic acids is 2. The minimum atomic E-state index is -0.736. The second kappa shape index (κ2) is 6.70. The molecule has 2 fully saturated rings. The molecule has 1 aromatic heterocycles. The predicted octanol–water partition coefficient (Wildman–Crippen LogP) is 1.69. The van der Waals surface area contributed by atoms with Crippen LogP contribution >= 0.6 is 0 Å². The quantitative estimate of drug-likeness (QED) is 0.785. The minimum Gasteiger partial charge on any atom is -0.497 e. The van der Waals surface area contributed by atoms with Crippen LogP contribution in [0.5, 0.6) is 5.75 Å². The molecule has 4 heterocycles. The van der Waals surface area contributed by atoms with Gasteiger partial charge in [0.05, 0.1) is 31.6 Å². The van der Waals surface area contributed by atoms with E-state index in [1.54, 1.807) is 24.4 Å². The van der Waals surface area contributed by atoms with E-state index in [0.717, 1.165) is 17.0 Å². The van der Waals surface area contributed by atoms with Crippen molar-refractivity contribution in [1.82, 2.24) is 10.3 Å². The lowest BCUT2D eigenvalue weighted by molar-refractivity contribution is -0.132. The fourth-order valence-corrected chi connectivity index (χ4v) is 4.59. The molecule has 2 saturated heterocycles. The first-order valence-corrected chi connectivity index (χ1v) is 9.60. The molecule has 2 aromatic rings. The number of pyridine rings is 1. The number of hydrogen-bond donors (Lipinski definition) is 1. The topological polar surface area (TPSA) is 80.8 Å². The van der Waals surface area contributed by atoms with E-state index < -0.39 is 17.4 Å². The Labute approximate surface area is 168 Å². The van der Waals surface area contributed by atoms with Gasteiger partial charge in [-0.15, -0.1) is 0 Å². The summed E-state index contributed by atoms with van der Waals surface area (Å²) in [6, 6.07) is 11.0. The van der Waals surface area contributed by atoms with Gasteiger partial charge in [-0.3, -0.25) is 14.6 Å². The number of aromatic nitrogens is 1. The molecule has 1 spiro atoms. The SMILES string of the molecule is COc1ccc(N2C[C@@]34C=C[C@@H](O3)C(C(=O)NCc3ccncc3)C4C2=O)cc1. The average Bonchev–Trinajstić information content (AvgIpc) is 3.41. The fraction of sp³-hybridized carbons (Fsp3) is 0.318. The van der Waals surface area contributed by atoms with Crippen molar-refractivity contribution in [3.63, 3.8) is 0 Å². The second-order valence-electron chi connectivity index (χ2n) is 7.60. The summed E-state index contributed by atoms with van der Waals surface area (Å²) >= 11 is 0. The first-order valence-electron chi connectivity index (χ1n) is 9.60. The number of anilines is 1. The van der Waals surface area contributed by atoms with Crippen LogP contribution in [0.15, 0.2) is 60.9 Å². The summed E-state index contributed by atoms with van der Waals surface area (Å²) in [5, 5.41) is 2.96. The van der Waals surface area contributed by atoms with Crippen molar-refractivity contribution in [1.29, 1.82) is 0 Å². The Kier molecular flexibility index (Phi) is 4.13. The summed E-state index contributed by atoms with van der Waals surface area (Å²) in [5.41, 5.74) is 0.997. The number of rotatable bonds is 5. The fourth-order valence-electron chi connectivity index (χ4n) is 4.59. The van der Waals surface area contributed by atoms with Crippen molar-refractivity contribution in [3.8, 4) is 5.75 Å². The minimum absolute atomic E-state index is 0.0777. The van der Waals surface area contributed by atoms with E-state index in [0.29, 0.717) is 13.1 Å². The van der Waals surface area contributed by atoms with Gasteiger partial charge in [0.15, 0.2) is 0 Å². The number of benzene rings is 1. The first kappa shape index (κ1) is 17.9. The molecule has 5 rings (SSSR count). The van der Waals surface area contributed by atoms with E-state index in [1.807, 2.05) is 48.6 Å². The molecule has 148 valence electrons. The van der Waals surface area contributed by atoms with Crippen LogP contribution in [-0.4, -0.2) is 42.2 Å². The van der Waals surface area contributed by atoms with Crippen molar-refractivity contribution < 1.29 is 19.1 Å². The summed E-state index contributed by atoms with van der Waals surface area (Å²) in [7, 11) is 1.60. The molecule has 7 nitrogen and oxygen atoms in total. The maximum Gasteiger partial charge on any atom is 0.234 e. The molecular formula is C22H21N3O4. The van der Waals surface area contributed by atoms with Crippen LogP contribution in [0.25, 0.3) is 0 Å². The van der Waals surface area contributed by atoms with Gasteiger partial charge in [0.1, 0.15) is 11.4 Å². The number of nitrogens with zero attached hydrogens (tertiary/aromatic N) is 2. The van der Waals surface area contributed by atoms with E-state index in [4.69, 9.17) is 9.47 Å². The lowest BCUT2D eigenvalue weighted by Crippen LogP contribution is -2.43. The zero-order valence-electron chi connectivity index (χ0n) is 15.9. The van der Waals surface area contributed by atoms with Crippen LogP contribution in [0.2, 0.25) is 0 Å². The van der Waals surface area contributed by atoms with Gasteiger partial charge < -0.3 is 19.7 Å². The third-order valence-corrected chi connectivity index (χ3v) is 6.00. The molecule has 2 bridgehead atoms. The third-order valence-electron chi connectivity index (χ3n) is 6.00. The van der Waals surface area contributed by atoms with Crippen LogP contribution in [0.4, 0.5) is 5.69 Å². The number of carbonyl (C=O) groups is 2. The third kappa shape index (κ3) is 2.81. The van der Waals surface area contributed by atoms with E-state index in [2.05, 4.69) is 10.3 Å². The van der Waals surface area contributed by atoms with Crippen molar-refractivity contribution in [2.45, 2.75) is 18.2 Å². The second-order valence-corrected chi connectivity index (χ2v) is 7.60. The predicted molar refractivity (Wildman–Crippen MR) is 105 cm³/mol. The number of hydrogen-bond acceptors (Lipinski definition) is 5. The van der Waals surface area contributed by atoms with Gasteiger partial charge in [0, 0.05) is 24.6 Å². The summed E-state index contributed by atoms with van der Waals surface area (Å²) in [5.74, 6) is -0.558. The van der Waals surface area contributed by atoms with Crippen molar-refractivity contribution in [3.05, 3.63) is 66.5 Å². The molecule has 2 unspecified atom stereocenters. The average molecular weight is 391 g/mol. The Bertz CT molecular complexity index is 975. The van der Waals surface area contributed by atoms with Crippen LogP contribution in [-0.2, 0) is 20.9 Å². The van der Waals surface area contributed by atoms with Crippen LogP contribution in [0.3, 0.4) is 0 Å². The number of amides is 2. The lowest BCUT2D eigenvalue weighted by atomic mass is 9.77. The molecule has 4 atom stereocenters. The van der Waals surface area contributed by atoms with Crippen molar-refractivity contribution >= 4 is 17.5 Å². The van der Waals surface area contributed by atoms with Gasteiger partial charge in [-0.25, -0.2) is 0 Å². The summed E-state index contributed by atoms with van der Waals surface area (Å²) in [6.07, 6.45) is 6.88. The Balaban J connectivity index is 1.37. The molecule has 0 aliphatic carbocycles. The van der Waals surface area contributed by atoms with Gasteiger partial charge in [0.25, 0.3) is 0 Å². The van der Waals surface area contributed by atoms with Gasteiger partial charge in [0.2, 0.25) is 11.8 Å². The normalized spacial score (nSPS) is 29.2. The number of ether oxygens (including phenoxy) is 2. The summed E-state index contributed by atoms with van der Waals surface area (Å²) < 4.78 is 11.4. The molecule has 1 aromatic carbocycles. The molecule has 7 heteroatoms. The highest BCUT2D eigenvalue weighted by Crippen LogP contribution is 2.52. The highest BCUT2D eigenvalue weighted by Gasteiger charge is 2.67. The van der Waals surface area contributed by atoms with Crippen LogP contribution in [0.1, 0.15) is 5.56 Å². The van der Waals surface area contributed by atoms with Gasteiger partial charge >= 0.3 is 0 Å². The molecule has 29 heavy (non-hydrogen) atoms. The van der Waals surface area contributed by atoms with Crippen LogP contribution in [0, 0.1) is 11.8 Å². The zero-order valence-corrected chi connectivity index (χ0v) is 15.9. The Morgan fingerprint density at radius 1 is 1.28 bits per heavy atom. The first-order chi connectivity index (χ1) is 14.1. The standard InChI is InChI=1S/C22H21N3O4/c1-28-16-4-2-15(3-5-16)25-13-22-9-6-17(29-22)18(19(22)21(25)27)20(26)24-12-14-7-10-23-11-8-14/h2-11,17-19H,12-13H2,1H3,(H,24,26)/t17-,18?,19?,22-/m1/s1. The van der Waals surface area contributed by atoms with Gasteiger partial charge in [-0.2, -0.15) is 0 Å². The smallest absolute Gasteiger partial charge is 0.234 e. The Hall–Kier alpha value is -3.19. The van der Waals surface area contributed by atoms with Crippen molar-refractivity contribution in [2.75, 3.05) is 18.6 Å².